The summed E-state index contributed by atoms with van der Waals surface area (Å²) in [7, 11) is 1.84. The van der Waals surface area contributed by atoms with E-state index in [9.17, 15) is 0 Å². The van der Waals surface area contributed by atoms with Gasteiger partial charge in [-0.05, 0) is 37.5 Å². The smallest absolute Gasteiger partial charge is 0.150 e. The summed E-state index contributed by atoms with van der Waals surface area (Å²) in [6, 6.07) is 7.66. The van der Waals surface area contributed by atoms with Crippen LogP contribution in [0.2, 0.25) is 0 Å². The zero-order valence-electron chi connectivity index (χ0n) is 17.7. The minimum absolute atomic E-state index is 0.00279. The van der Waals surface area contributed by atoms with E-state index in [4.69, 9.17) is 4.74 Å². The summed E-state index contributed by atoms with van der Waals surface area (Å²) in [6.07, 6.45) is 12.3. The lowest BCUT2D eigenvalue weighted by molar-refractivity contribution is -0.0395. The van der Waals surface area contributed by atoms with E-state index in [0.717, 1.165) is 59.4 Å². The summed E-state index contributed by atoms with van der Waals surface area (Å²) < 4.78 is 7.67. The van der Waals surface area contributed by atoms with Crippen LogP contribution in [-0.4, -0.2) is 38.4 Å². The zero-order chi connectivity index (χ0) is 21.8. The number of hydrogen-bond donors (Lipinski definition) is 2. The van der Waals surface area contributed by atoms with Crippen LogP contribution < -0.4 is 10.6 Å². The Labute approximate surface area is 186 Å². The molecule has 0 bridgehead atoms. The van der Waals surface area contributed by atoms with Gasteiger partial charge in [-0.25, -0.2) is 19.6 Å². The van der Waals surface area contributed by atoms with E-state index in [0.29, 0.717) is 5.82 Å². The van der Waals surface area contributed by atoms with Gasteiger partial charge in [-0.2, -0.15) is 5.10 Å². The fourth-order valence-electron chi connectivity index (χ4n) is 3.70. The summed E-state index contributed by atoms with van der Waals surface area (Å²) in [5.41, 5.74) is 1.65. The van der Waals surface area contributed by atoms with Crippen molar-refractivity contribution in [2.24, 2.45) is 0 Å². The molecule has 160 valence electrons. The van der Waals surface area contributed by atoms with Crippen LogP contribution in [0.5, 0.6) is 0 Å². The van der Waals surface area contributed by atoms with Crippen LogP contribution in [0.1, 0.15) is 36.6 Å². The largest absolute Gasteiger partial charge is 0.373 e. The van der Waals surface area contributed by atoms with E-state index in [1.165, 1.54) is 0 Å². The van der Waals surface area contributed by atoms with Gasteiger partial charge in [-0.1, -0.05) is 17.9 Å². The van der Waals surface area contributed by atoms with Crippen LogP contribution >= 0.6 is 0 Å². The number of ether oxygens (including phenoxy) is 1. The summed E-state index contributed by atoms with van der Waals surface area (Å²) in [4.78, 5) is 13.3. The molecular weight excluding hydrogens is 402 g/mol. The Morgan fingerprint density at radius 2 is 2.00 bits per heavy atom. The van der Waals surface area contributed by atoms with E-state index in [-0.39, 0.29) is 6.23 Å². The molecule has 1 fully saturated rings. The van der Waals surface area contributed by atoms with Crippen LogP contribution in [0.4, 0.5) is 17.5 Å². The average molecular weight is 425 g/mol. The number of anilines is 3. The molecule has 4 aromatic heterocycles. The molecule has 1 unspecified atom stereocenters. The number of hydrogen-bond acceptors (Lipinski definition) is 7. The Balaban J connectivity index is 1.47. The SMILES string of the molecule is CNc1ncc(C#Cc2cnn(C3CCCCO3)c2)c2cc(Nc3ccccn3)ncc12. The van der Waals surface area contributed by atoms with Crippen molar-refractivity contribution in [2.75, 3.05) is 24.3 Å². The Morgan fingerprint density at radius 3 is 2.81 bits per heavy atom. The van der Waals surface area contributed by atoms with Gasteiger partial charge in [-0.3, -0.25) is 0 Å². The summed E-state index contributed by atoms with van der Waals surface area (Å²) in [5.74, 6) is 8.65. The van der Waals surface area contributed by atoms with E-state index < -0.39 is 0 Å². The Morgan fingerprint density at radius 1 is 1.03 bits per heavy atom. The van der Waals surface area contributed by atoms with Crippen molar-refractivity contribution in [1.29, 1.82) is 0 Å². The lowest BCUT2D eigenvalue weighted by Gasteiger charge is -2.22. The molecule has 2 N–H and O–H groups in total. The Kier molecular flexibility index (Phi) is 5.64. The molecule has 1 saturated heterocycles. The van der Waals surface area contributed by atoms with Crippen molar-refractivity contribution in [1.82, 2.24) is 24.7 Å². The van der Waals surface area contributed by atoms with Gasteiger partial charge in [0.25, 0.3) is 0 Å². The predicted octanol–water partition coefficient (Wildman–Crippen LogP) is 4.11. The molecule has 8 nitrogen and oxygen atoms in total. The van der Waals surface area contributed by atoms with Crippen LogP contribution in [0.3, 0.4) is 0 Å². The van der Waals surface area contributed by atoms with Gasteiger partial charge < -0.3 is 15.4 Å². The second-order valence-corrected chi connectivity index (χ2v) is 7.51. The molecule has 0 aromatic carbocycles. The number of aromatic nitrogens is 5. The summed E-state index contributed by atoms with van der Waals surface area (Å²) in [6.45, 7) is 0.782. The average Bonchev–Trinajstić information content (AvgIpc) is 3.33. The van der Waals surface area contributed by atoms with Crippen molar-refractivity contribution < 1.29 is 4.74 Å². The fraction of sp³-hybridized carbons (Fsp3) is 0.250. The highest BCUT2D eigenvalue weighted by Crippen LogP contribution is 2.27. The third-order valence-corrected chi connectivity index (χ3v) is 5.32. The zero-order valence-corrected chi connectivity index (χ0v) is 17.7. The summed E-state index contributed by atoms with van der Waals surface area (Å²) in [5, 5.41) is 12.6. The normalized spacial score (nSPS) is 15.7. The van der Waals surface area contributed by atoms with Gasteiger partial charge in [0.2, 0.25) is 0 Å². The lowest BCUT2D eigenvalue weighted by atomic mass is 10.1. The third-order valence-electron chi connectivity index (χ3n) is 5.32. The highest BCUT2D eigenvalue weighted by Gasteiger charge is 2.16. The molecule has 0 amide bonds. The molecule has 32 heavy (non-hydrogen) atoms. The topological polar surface area (TPSA) is 89.8 Å². The van der Waals surface area contributed by atoms with E-state index >= 15 is 0 Å². The van der Waals surface area contributed by atoms with Crippen molar-refractivity contribution in [3.63, 3.8) is 0 Å². The maximum absolute atomic E-state index is 5.80. The van der Waals surface area contributed by atoms with Gasteiger partial charge in [0.1, 0.15) is 23.7 Å². The standard InChI is InChI=1S/C24H23N7O/c1-25-24-20-15-27-22(30-21-6-2-4-10-26-21)12-19(20)18(14-28-24)9-8-17-13-29-31(16-17)23-7-3-5-11-32-23/h2,4,6,10,12-16,23H,3,5,7,11H2,1H3,(H,25,28)(H,26,27,30). The molecule has 0 radical (unpaired) electrons. The van der Waals surface area contributed by atoms with Crippen molar-refractivity contribution in [3.8, 4) is 11.8 Å². The number of rotatable bonds is 4. The number of nitrogens with zero attached hydrogens (tertiary/aromatic N) is 5. The third kappa shape index (κ3) is 4.24. The first-order valence-corrected chi connectivity index (χ1v) is 10.6. The molecular formula is C24H23N7O. The van der Waals surface area contributed by atoms with E-state index in [2.05, 4.69) is 42.5 Å². The van der Waals surface area contributed by atoms with Crippen molar-refractivity contribution in [3.05, 3.63) is 66.4 Å². The summed E-state index contributed by atoms with van der Waals surface area (Å²) >= 11 is 0. The van der Waals surface area contributed by atoms with Gasteiger partial charge in [0.15, 0.2) is 0 Å². The van der Waals surface area contributed by atoms with Gasteiger partial charge in [0, 0.05) is 49.2 Å². The molecule has 1 aliphatic rings. The molecule has 0 spiro atoms. The predicted molar refractivity (Wildman–Crippen MR) is 124 cm³/mol. The monoisotopic (exact) mass is 425 g/mol. The van der Waals surface area contributed by atoms with Gasteiger partial charge in [0.05, 0.1) is 17.3 Å². The van der Waals surface area contributed by atoms with Crippen LogP contribution in [-0.2, 0) is 4.74 Å². The Hall–Kier alpha value is -3.96. The first kappa shape index (κ1) is 20.0. The minimum Gasteiger partial charge on any atom is -0.373 e. The number of nitrogens with one attached hydrogen (secondary N) is 2. The lowest BCUT2D eigenvalue weighted by Crippen LogP contribution is -2.18. The Bertz CT molecular complexity index is 1280. The number of fused-ring (bicyclic) bond motifs is 1. The molecule has 5 heterocycles. The first-order chi connectivity index (χ1) is 15.8. The quantitative estimate of drug-likeness (QED) is 0.476. The molecule has 0 aliphatic carbocycles. The first-order valence-electron chi connectivity index (χ1n) is 10.6. The van der Waals surface area contributed by atoms with Crippen LogP contribution in [0.25, 0.3) is 10.8 Å². The second-order valence-electron chi connectivity index (χ2n) is 7.51. The molecule has 0 saturated carbocycles. The van der Waals surface area contributed by atoms with Gasteiger partial charge in [-0.15, -0.1) is 0 Å². The maximum Gasteiger partial charge on any atom is 0.150 e. The maximum atomic E-state index is 5.80. The van der Waals surface area contributed by atoms with E-state index in [1.54, 1.807) is 24.8 Å². The molecule has 8 heteroatoms. The van der Waals surface area contributed by atoms with Crippen molar-refractivity contribution in [2.45, 2.75) is 25.5 Å². The van der Waals surface area contributed by atoms with Crippen LogP contribution in [0, 0.1) is 11.8 Å². The van der Waals surface area contributed by atoms with Gasteiger partial charge >= 0.3 is 0 Å². The fourth-order valence-corrected chi connectivity index (χ4v) is 3.70. The highest BCUT2D eigenvalue weighted by molar-refractivity contribution is 5.96. The molecule has 1 atom stereocenters. The minimum atomic E-state index is 0.00279. The highest BCUT2D eigenvalue weighted by atomic mass is 16.5. The van der Waals surface area contributed by atoms with E-state index in [1.807, 2.05) is 42.2 Å². The second kappa shape index (κ2) is 9.04. The van der Waals surface area contributed by atoms with Crippen molar-refractivity contribution >= 4 is 28.2 Å². The van der Waals surface area contributed by atoms with Crippen LogP contribution in [0.15, 0.2) is 55.2 Å². The molecule has 4 aromatic rings. The molecule has 1 aliphatic heterocycles. The number of pyridine rings is 3. The molecule has 5 rings (SSSR count).